The van der Waals surface area contributed by atoms with Gasteiger partial charge in [0.05, 0.1) is 11.3 Å². The van der Waals surface area contributed by atoms with Gasteiger partial charge in [0, 0.05) is 18.1 Å². The van der Waals surface area contributed by atoms with E-state index in [1.807, 2.05) is 18.2 Å². The average molecular weight is 540 g/mol. The third-order valence-electron chi connectivity index (χ3n) is 2.67. The van der Waals surface area contributed by atoms with Crippen molar-refractivity contribution >= 4 is 83.3 Å². The van der Waals surface area contributed by atoms with Gasteiger partial charge in [-0.3, -0.25) is 4.79 Å². The summed E-state index contributed by atoms with van der Waals surface area (Å²) in [6.07, 6.45) is 0. The largest absolute Gasteiger partial charge is 0.389 e. The lowest BCUT2D eigenvalue weighted by molar-refractivity contribution is 0.102. The molecule has 1 amide bonds. The molecule has 3 nitrogen and oxygen atoms in total. The molecular weight excluding hydrogens is 531 g/mol. The lowest BCUT2D eigenvalue weighted by Gasteiger charge is -2.12. The van der Waals surface area contributed by atoms with Gasteiger partial charge in [0.15, 0.2) is 0 Å². The first kappa shape index (κ1) is 16.9. The maximum Gasteiger partial charge on any atom is 0.256 e. The van der Waals surface area contributed by atoms with Crippen LogP contribution in [0.1, 0.15) is 15.9 Å². The van der Waals surface area contributed by atoms with E-state index in [1.54, 1.807) is 18.2 Å². The number of anilines is 1. The number of nitrogens with two attached hydrogens (primary N) is 1. The van der Waals surface area contributed by atoms with Gasteiger partial charge in [-0.15, -0.1) is 0 Å². The van der Waals surface area contributed by atoms with Crippen LogP contribution < -0.4 is 11.1 Å². The molecule has 0 aliphatic heterocycles. The molecule has 0 fully saturated rings. The van der Waals surface area contributed by atoms with Gasteiger partial charge in [-0.25, -0.2) is 0 Å². The van der Waals surface area contributed by atoms with E-state index in [1.165, 1.54) is 0 Å². The Hall–Kier alpha value is -0.510. The Labute approximate surface area is 158 Å². The first-order chi connectivity index (χ1) is 9.88. The van der Waals surface area contributed by atoms with Crippen molar-refractivity contribution in [2.75, 3.05) is 5.32 Å². The first-order valence-electron chi connectivity index (χ1n) is 5.74. The monoisotopic (exact) mass is 538 g/mol. The van der Waals surface area contributed by atoms with Crippen LogP contribution in [0.3, 0.4) is 0 Å². The Kier molecular flexibility index (Phi) is 5.75. The molecule has 3 N–H and O–H groups in total. The Morgan fingerprint density at radius 2 is 1.71 bits per heavy atom. The maximum absolute atomic E-state index is 12.4. The molecule has 0 atom stereocenters. The van der Waals surface area contributed by atoms with E-state index in [4.69, 9.17) is 18.0 Å². The molecule has 21 heavy (non-hydrogen) atoms. The minimum atomic E-state index is -0.212. The summed E-state index contributed by atoms with van der Waals surface area (Å²) in [5.74, 6) is -0.212. The lowest BCUT2D eigenvalue weighted by atomic mass is 10.1. The summed E-state index contributed by atoms with van der Waals surface area (Å²) >= 11 is 13.9. The molecule has 0 aromatic heterocycles. The number of nitrogens with one attached hydrogen (secondary N) is 1. The van der Waals surface area contributed by atoms with Crippen LogP contribution in [0.25, 0.3) is 0 Å². The van der Waals surface area contributed by atoms with Crippen molar-refractivity contribution in [3.05, 3.63) is 60.0 Å². The van der Waals surface area contributed by atoms with Crippen LogP contribution >= 0.6 is 66.7 Å². The molecule has 0 radical (unpaired) electrons. The van der Waals surface area contributed by atoms with Crippen LogP contribution in [-0.2, 0) is 0 Å². The number of thiocarbonyl (C=S) groups is 1. The molecule has 0 heterocycles. The molecule has 2 rings (SSSR count). The molecule has 0 saturated heterocycles. The third-order valence-corrected chi connectivity index (χ3v) is 4.82. The number of amides is 1. The molecule has 0 aliphatic carbocycles. The highest BCUT2D eigenvalue weighted by molar-refractivity contribution is 14.1. The second-order valence-corrected chi connectivity index (χ2v) is 7.57. The number of benzene rings is 2. The molecule has 7 heteroatoms. The summed E-state index contributed by atoms with van der Waals surface area (Å²) < 4.78 is 2.54. The van der Waals surface area contributed by atoms with E-state index >= 15 is 0 Å². The summed E-state index contributed by atoms with van der Waals surface area (Å²) in [6, 6.07) is 10.9. The number of rotatable bonds is 3. The summed E-state index contributed by atoms with van der Waals surface area (Å²) in [5.41, 5.74) is 7.48. The highest BCUT2D eigenvalue weighted by atomic mass is 127. The molecule has 0 saturated carbocycles. The van der Waals surface area contributed by atoms with E-state index in [9.17, 15) is 4.79 Å². The zero-order valence-corrected chi connectivity index (χ0v) is 16.6. The smallest absolute Gasteiger partial charge is 0.256 e. The van der Waals surface area contributed by atoms with Gasteiger partial charge >= 0.3 is 0 Å². The van der Waals surface area contributed by atoms with Gasteiger partial charge in [-0.2, -0.15) is 0 Å². The SMILES string of the molecule is NC(=S)c1ccc(Br)cc1NC(=O)c1cc(Br)ccc1I. The minimum absolute atomic E-state index is 0.212. The van der Waals surface area contributed by atoms with E-state index in [0.29, 0.717) is 16.8 Å². The van der Waals surface area contributed by atoms with Gasteiger partial charge in [0.25, 0.3) is 5.91 Å². The number of carbonyl (C=O) groups is 1. The van der Waals surface area contributed by atoms with Crippen molar-refractivity contribution in [1.82, 2.24) is 0 Å². The number of hydrogen-bond donors (Lipinski definition) is 2. The minimum Gasteiger partial charge on any atom is -0.389 e. The van der Waals surface area contributed by atoms with Crippen LogP contribution in [0.5, 0.6) is 0 Å². The zero-order chi connectivity index (χ0) is 15.6. The van der Waals surface area contributed by atoms with Crippen molar-refractivity contribution in [2.24, 2.45) is 5.73 Å². The average Bonchev–Trinajstić information content (AvgIpc) is 2.41. The molecule has 0 bridgehead atoms. The normalized spacial score (nSPS) is 10.2. The number of carbonyl (C=O) groups excluding carboxylic acids is 1. The molecule has 2 aromatic rings. The van der Waals surface area contributed by atoms with E-state index in [2.05, 4.69) is 59.8 Å². The van der Waals surface area contributed by atoms with Crippen LogP contribution in [-0.4, -0.2) is 10.9 Å². The Balaban J connectivity index is 2.38. The van der Waals surface area contributed by atoms with Gasteiger partial charge < -0.3 is 11.1 Å². The Morgan fingerprint density at radius 1 is 1.10 bits per heavy atom. The highest BCUT2D eigenvalue weighted by Crippen LogP contribution is 2.24. The van der Waals surface area contributed by atoms with Crippen molar-refractivity contribution in [1.29, 1.82) is 0 Å². The van der Waals surface area contributed by atoms with Crippen molar-refractivity contribution < 1.29 is 4.79 Å². The van der Waals surface area contributed by atoms with Crippen LogP contribution in [0, 0.1) is 3.57 Å². The number of hydrogen-bond acceptors (Lipinski definition) is 2. The second kappa shape index (κ2) is 7.17. The van der Waals surface area contributed by atoms with Gasteiger partial charge in [-0.05, 0) is 59.0 Å². The lowest BCUT2D eigenvalue weighted by Crippen LogP contribution is -2.18. The van der Waals surface area contributed by atoms with Crippen molar-refractivity contribution in [3.63, 3.8) is 0 Å². The maximum atomic E-state index is 12.4. The second-order valence-electron chi connectivity index (χ2n) is 4.13. The van der Waals surface area contributed by atoms with E-state index in [0.717, 1.165) is 12.5 Å². The Morgan fingerprint density at radius 3 is 2.38 bits per heavy atom. The van der Waals surface area contributed by atoms with E-state index in [-0.39, 0.29) is 10.9 Å². The first-order valence-corrected chi connectivity index (χ1v) is 8.81. The standard InChI is InChI=1S/C14H9Br2IN2OS/c15-7-2-4-11(17)10(5-7)14(20)19-12-6-8(16)1-3-9(12)13(18)21/h1-6H,(H2,18,21)(H,19,20). The van der Waals surface area contributed by atoms with Crippen molar-refractivity contribution in [3.8, 4) is 0 Å². The molecular formula is C14H9Br2IN2OS. The van der Waals surface area contributed by atoms with Crippen LogP contribution in [0.4, 0.5) is 5.69 Å². The zero-order valence-electron chi connectivity index (χ0n) is 10.5. The molecule has 108 valence electrons. The van der Waals surface area contributed by atoms with Crippen LogP contribution in [0.2, 0.25) is 0 Å². The summed E-state index contributed by atoms with van der Waals surface area (Å²) in [4.78, 5) is 12.7. The van der Waals surface area contributed by atoms with Crippen molar-refractivity contribution in [2.45, 2.75) is 0 Å². The molecule has 0 unspecified atom stereocenters. The molecule has 0 spiro atoms. The van der Waals surface area contributed by atoms with Gasteiger partial charge in [0.2, 0.25) is 0 Å². The van der Waals surface area contributed by atoms with Gasteiger partial charge in [0.1, 0.15) is 4.99 Å². The topological polar surface area (TPSA) is 55.1 Å². The van der Waals surface area contributed by atoms with E-state index < -0.39 is 0 Å². The molecule has 2 aromatic carbocycles. The number of halogens is 3. The van der Waals surface area contributed by atoms with Gasteiger partial charge in [-0.1, -0.05) is 44.1 Å². The highest BCUT2D eigenvalue weighted by Gasteiger charge is 2.14. The summed E-state index contributed by atoms with van der Waals surface area (Å²) in [5, 5.41) is 2.85. The summed E-state index contributed by atoms with van der Waals surface area (Å²) in [6.45, 7) is 0. The van der Waals surface area contributed by atoms with Crippen LogP contribution in [0.15, 0.2) is 45.3 Å². The predicted octanol–water partition coefficient (Wildman–Crippen LogP) is 4.70. The third kappa shape index (κ3) is 4.24. The Bertz CT molecular complexity index is 737. The quantitative estimate of drug-likeness (QED) is 0.439. The summed E-state index contributed by atoms with van der Waals surface area (Å²) in [7, 11) is 0. The molecule has 0 aliphatic rings. The fourth-order valence-electron chi connectivity index (χ4n) is 1.70. The fourth-order valence-corrected chi connectivity index (χ4v) is 3.18. The predicted molar refractivity (Wildman–Crippen MR) is 105 cm³/mol. The fraction of sp³-hybridized carbons (Fsp3) is 0.